The van der Waals surface area contributed by atoms with E-state index in [1.807, 2.05) is 0 Å². The second-order valence-electron chi connectivity index (χ2n) is 4.40. The molecule has 1 saturated carbocycles. The molecule has 1 N–H and O–H groups in total. The van der Waals surface area contributed by atoms with Crippen molar-refractivity contribution in [2.45, 2.75) is 38.7 Å². The molecule has 1 fully saturated rings. The zero-order valence-corrected chi connectivity index (χ0v) is 10.9. The second-order valence-corrected chi connectivity index (χ2v) is 4.40. The molecule has 7 nitrogen and oxygen atoms in total. The Morgan fingerprint density at radius 3 is 2.16 bits per heavy atom. The number of ketones is 1. The maximum Gasteiger partial charge on any atom is 0.361 e. The van der Waals surface area contributed by atoms with Crippen LogP contribution in [0.15, 0.2) is 5.16 Å². The smallest absolute Gasteiger partial charge is 0.361 e. The molecule has 19 heavy (non-hydrogen) atoms. The third-order valence-electron chi connectivity index (χ3n) is 3.04. The first kappa shape index (κ1) is 15.1. The highest BCUT2D eigenvalue weighted by molar-refractivity contribution is 6.63. The van der Waals surface area contributed by atoms with Crippen LogP contribution in [0.3, 0.4) is 0 Å². The summed E-state index contributed by atoms with van der Waals surface area (Å²) in [6, 6.07) is 0. The van der Waals surface area contributed by atoms with Crippen LogP contribution in [0, 0.1) is 5.92 Å². The van der Waals surface area contributed by atoms with Crippen molar-refractivity contribution in [3.63, 3.8) is 0 Å². The van der Waals surface area contributed by atoms with E-state index in [1.165, 1.54) is 7.11 Å². The zero-order valence-electron chi connectivity index (χ0n) is 10.9. The van der Waals surface area contributed by atoms with Gasteiger partial charge in [-0.15, -0.1) is 0 Å². The van der Waals surface area contributed by atoms with E-state index in [-0.39, 0.29) is 18.0 Å². The molecule has 0 bridgehead atoms. The number of aliphatic carboxylic acids is 1. The van der Waals surface area contributed by atoms with E-state index in [1.54, 1.807) is 0 Å². The highest BCUT2D eigenvalue weighted by Crippen LogP contribution is 2.27. The van der Waals surface area contributed by atoms with Gasteiger partial charge in [-0.1, -0.05) is 5.16 Å². The number of hydrogen-bond acceptors (Lipinski definition) is 6. The van der Waals surface area contributed by atoms with Crippen molar-refractivity contribution < 1.29 is 29.1 Å². The first-order chi connectivity index (χ1) is 8.95. The number of carbonyl (C=O) groups is 3. The summed E-state index contributed by atoms with van der Waals surface area (Å²) in [5.41, 5.74) is -0.616. The van der Waals surface area contributed by atoms with Crippen LogP contribution in [0.5, 0.6) is 0 Å². The molecule has 7 heteroatoms. The molecule has 0 atom stereocenters. The zero-order chi connectivity index (χ0) is 14.4. The number of methoxy groups -OCH3 is 1. The van der Waals surface area contributed by atoms with Gasteiger partial charge in [0.1, 0.15) is 6.10 Å². The predicted octanol–water partition coefficient (Wildman–Crippen LogP) is 0.764. The summed E-state index contributed by atoms with van der Waals surface area (Å²) in [5.74, 6) is -2.44. The number of carboxylic acid groups (broad SMARTS) is 1. The Balaban J connectivity index is 2.49. The Morgan fingerprint density at radius 1 is 1.16 bits per heavy atom. The molecule has 1 rings (SSSR count). The summed E-state index contributed by atoms with van der Waals surface area (Å²) < 4.78 is 4.66. The second kappa shape index (κ2) is 6.86. The Bertz CT molecular complexity index is 379. The third kappa shape index (κ3) is 4.35. The van der Waals surface area contributed by atoms with Gasteiger partial charge in [0, 0.05) is 6.92 Å². The summed E-state index contributed by atoms with van der Waals surface area (Å²) in [6.07, 6.45) is 2.10. The minimum Gasteiger partial charge on any atom is -0.476 e. The Morgan fingerprint density at radius 2 is 1.74 bits per heavy atom. The lowest BCUT2D eigenvalue weighted by Crippen LogP contribution is -2.27. The lowest BCUT2D eigenvalue weighted by atomic mass is 9.87. The average Bonchev–Trinajstić information content (AvgIpc) is 2.38. The van der Waals surface area contributed by atoms with Gasteiger partial charge in [0.15, 0.2) is 5.78 Å². The number of carboxylic acids is 1. The molecule has 0 spiro atoms. The number of oxime groups is 1. The fourth-order valence-corrected chi connectivity index (χ4v) is 1.95. The molecule has 0 radical (unpaired) electrons. The van der Waals surface area contributed by atoms with E-state index in [2.05, 4.69) is 9.89 Å². The molecule has 0 aromatic carbocycles. The normalized spacial score (nSPS) is 23.6. The number of ether oxygens (including phenoxy) is 1. The van der Waals surface area contributed by atoms with Gasteiger partial charge in [-0.05, 0) is 25.7 Å². The maximum absolute atomic E-state index is 11.3. The van der Waals surface area contributed by atoms with Crippen LogP contribution in [0.25, 0.3) is 0 Å². The van der Waals surface area contributed by atoms with Crippen molar-refractivity contribution in [3.05, 3.63) is 0 Å². The standard InChI is InChI=1S/C12H17NO6/c1-7(14)10(11(15)16)13-19-9-5-3-8(4-6-9)12(17)18-2/h8-9H,3-6H2,1-2H3,(H,15,16)/b13-10-. The predicted molar refractivity (Wildman–Crippen MR) is 64.6 cm³/mol. The number of hydrogen-bond donors (Lipinski definition) is 1. The number of carbonyl (C=O) groups excluding carboxylic acids is 2. The van der Waals surface area contributed by atoms with E-state index < -0.39 is 17.5 Å². The molecule has 106 valence electrons. The fraction of sp³-hybridized carbons (Fsp3) is 0.667. The molecule has 0 aliphatic heterocycles. The van der Waals surface area contributed by atoms with Gasteiger partial charge in [0.25, 0.3) is 0 Å². The molecule has 0 aromatic heterocycles. The largest absolute Gasteiger partial charge is 0.476 e. The van der Waals surface area contributed by atoms with Gasteiger partial charge < -0.3 is 14.7 Å². The van der Waals surface area contributed by atoms with Crippen LogP contribution >= 0.6 is 0 Å². The lowest BCUT2D eigenvalue weighted by Gasteiger charge is -2.25. The third-order valence-corrected chi connectivity index (χ3v) is 3.04. The van der Waals surface area contributed by atoms with E-state index in [9.17, 15) is 14.4 Å². The molecule has 0 aromatic rings. The van der Waals surface area contributed by atoms with Crippen molar-refractivity contribution in [1.82, 2.24) is 0 Å². The van der Waals surface area contributed by atoms with Gasteiger partial charge in [0.2, 0.25) is 5.71 Å². The van der Waals surface area contributed by atoms with Crippen molar-refractivity contribution in [2.75, 3.05) is 7.11 Å². The van der Waals surface area contributed by atoms with Crippen molar-refractivity contribution >= 4 is 23.4 Å². The van der Waals surface area contributed by atoms with Crippen LogP contribution < -0.4 is 0 Å². The van der Waals surface area contributed by atoms with Gasteiger partial charge in [0.05, 0.1) is 13.0 Å². The number of Topliss-reactive ketones (excluding diaryl/α,β-unsaturated/α-hetero) is 1. The van der Waals surface area contributed by atoms with Gasteiger partial charge in [-0.25, -0.2) is 4.79 Å². The van der Waals surface area contributed by atoms with E-state index in [0.717, 1.165) is 6.92 Å². The molecule has 0 heterocycles. The SMILES string of the molecule is COC(=O)C1CCC(O/N=C(/C(C)=O)C(=O)O)CC1. The topological polar surface area (TPSA) is 102 Å². The van der Waals surface area contributed by atoms with Crippen LogP contribution in [-0.2, 0) is 24.0 Å². The monoisotopic (exact) mass is 271 g/mol. The quantitative estimate of drug-likeness (QED) is 0.343. The van der Waals surface area contributed by atoms with Crippen LogP contribution in [0.4, 0.5) is 0 Å². The van der Waals surface area contributed by atoms with Gasteiger partial charge in [-0.2, -0.15) is 0 Å². The van der Waals surface area contributed by atoms with Crippen LogP contribution in [0.1, 0.15) is 32.6 Å². The number of rotatable bonds is 5. The van der Waals surface area contributed by atoms with E-state index in [4.69, 9.17) is 9.94 Å². The average molecular weight is 271 g/mol. The summed E-state index contributed by atoms with van der Waals surface area (Å²) in [5, 5.41) is 12.1. The highest BCUT2D eigenvalue weighted by Gasteiger charge is 2.28. The molecular formula is C12H17NO6. The van der Waals surface area contributed by atoms with Crippen LogP contribution in [0.2, 0.25) is 0 Å². The van der Waals surface area contributed by atoms with E-state index in [0.29, 0.717) is 25.7 Å². The van der Waals surface area contributed by atoms with Crippen molar-refractivity contribution in [1.29, 1.82) is 0 Å². The molecule has 0 amide bonds. The fourth-order valence-electron chi connectivity index (χ4n) is 1.95. The van der Waals surface area contributed by atoms with E-state index >= 15 is 0 Å². The number of esters is 1. The van der Waals surface area contributed by atoms with Crippen LogP contribution in [-0.4, -0.2) is 41.8 Å². The van der Waals surface area contributed by atoms with Crippen molar-refractivity contribution in [3.8, 4) is 0 Å². The minimum absolute atomic E-state index is 0.138. The van der Waals surface area contributed by atoms with Gasteiger partial charge in [-0.3, -0.25) is 9.59 Å². The Hall–Kier alpha value is -1.92. The molecular weight excluding hydrogens is 254 g/mol. The lowest BCUT2D eigenvalue weighted by molar-refractivity contribution is -0.147. The summed E-state index contributed by atoms with van der Waals surface area (Å²) in [6.45, 7) is 1.12. The molecule has 0 unspecified atom stereocenters. The minimum atomic E-state index is -1.41. The Kier molecular flexibility index (Phi) is 5.47. The first-order valence-corrected chi connectivity index (χ1v) is 6.01. The summed E-state index contributed by atoms with van der Waals surface area (Å²) in [4.78, 5) is 38.1. The highest BCUT2D eigenvalue weighted by atomic mass is 16.6. The van der Waals surface area contributed by atoms with Crippen molar-refractivity contribution in [2.24, 2.45) is 11.1 Å². The Labute approximate surface area is 110 Å². The summed E-state index contributed by atoms with van der Waals surface area (Å²) in [7, 11) is 1.35. The summed E-state index contributed by atoms with van der Waals surface area (Å²) >= 11 is 0. The van der Waals surface area contributed by atoms with Gasteiger partial charge >= 0.3 is 11.9 Å². The number of nitrogens with zero attached hydrogens (tertiary/aromatic N) is 1. The molecule has 1 aliphatic carbocycles. The first-order valence-electron chi connectivity index (χ1n) is 6.01. The molecule has 0 saturated heterocycles. The maximum atomic E-state index is 11.3. The molecule has 1 aliphatic rings.